The molecule has 2 aromatic heterocycles. The summed E-state index contributed by atoms with van der Waals surface area (Å²) in [6.45, 7) is 4.86. The van der Waals surface area contributed by atoms with Crippen LogP contribution < -0.4 is 5.32 Å². The van der Waals surface area contributed by atoms with Gasteiger partial charge < -0.3 is 9.88 Å². The average Bonchev–Trinajstić information content (AvgIpc) is 3.33. The van der Waals surface area contributed by atoms with E-state index in [9.17, 15) is 13.2 Å². The number of hydrogen-bond acceptors (Lipinski definition) is 7. The van der Waals surface area contributed by atoms with E-state index in [4.69, 9.17) is 0 Å². The number of fused-ring (bicyclic) bond motifs is 1. The lowest BCUT2D eigenvalue weighted by molar-refractivity contribution is -0.116. The summed E-state index contributed by atoms with van der Waals surface area (Å²) in [6, 6.07) is 5.01. The molecule has 0 unspecified atom stereocenters. The number of hydrogen-bond donors (Lipinski definition) is 1. The van der Waals surface area contributed by atoms with Crippen molar-refractivity contribution in [3.8, 4) is 0 Å². The number of aryl methyl sites for hydroxylation is 3. The number of aromatic nitrogens is 4. The molecule has 1 N–H and O–H groups in total. The summed E-state index contributed by atoms with van der Waals surface area (Å²) in [5.41, 5.74) is 1.49. The highest BCUT2D eigenvalue weighted by Gasteiger charge is 2.20. The van der Waals surface area contributed by atoms with Crippen LogP contribution in [0.3, 0.4) is 0 Å². The summed E-state index contributed by atoms with van der Waals surface area (Å²) in [5.74, 6) is 0.619. The number of anilines is 1. The SMILES string of the molecule is CCCCn1c(CCC(=O)Nc2nnc(CC)s2)nc2cc(S(=O)(=O)N(C)C)ccc21. The number of nitrogens with one attached hydrogen (secondary N) is 1. The van der Waals surface area contributed by atoms with E-state index in [0.29, 0.717) is 17.1 Å². The molecule has 0 fully saturated rings. The molecule has 9 nitrogen and oxygen atoms in total. The minimum Gasteiger partial charge on any atom is -0.328 e. The quantitative estimate of drug-likeness (QED) is 0.494. The van der Waals surface area contributed by atoms with Gasteiger partial charge in [0, 0.05) is 33.5 Å². The molecular formula is C20H28N6O3S2. The molecule has 0 atom stereocenters. The molecule has 0 aliphatic heterocycles. The fourth-order valence-corrected chi connectivity index (χ4v) is 4.76. The number of benzene rings is 1. The Hall–Kier alpha value is -2.37. The minimum atomic E-state index is -3.54. The zero-order chi connectivity index (χ0) is 22.6. The van der Waals surface area contributed by atoms with Gasteiger partial charge in [-0.2, -0.15) is 0 Å². The zero-order valence-electron chi connectivity index (χ0n) is 18.3. The van der Waals surface area contributed by atoms with E-state index >= 15 is 0 Å². The number of carbonyl (C=O) groups is 1. The standard InChI is InChI=1S/C20H28N6O3S2/c1-5-7-12-26-16-9-8-14(31(28,29)25(3)4)13-15(16)21-17(26)10-11-18(27)22-20-24-23-19(6-2)30-20/h8-9,13H,5-7,10-12H2,1-4H3,(H,22,24,27). The molecule has 3 aromatic rings. The first-order chi connectivity index (χ1) is 14.8. The normalized spacial score (nSPS) is 12.0. The highest BCUT2D eigenvalue weighted by molar-refractivity contribution is 7.89. The first-order valence-corrected chi connectivity index (χ1v) is 12.6. The molecule has 2 heterocycles. The van der Waals surface area contributed by atoms with Gasteiger partial charge in [-0.15, -0.1) is 10.2 Å². The minimum absolute atomic E-state index is 0.149. The molecule has 11 heteroatoms. The maximum Gasteiger partial charge on any atom is 0.242 e. The molecule has 31 heavy (non-hydrogen) atoms. The van der Waals surface area contributed by atoms with E-state index in [1.54, 1.807) is 18.2 Å². The van der Waals surface area contributed by atoms with Crippen molar-refractivity contribution in [3.63, 3.8) is 0 Å². The Morgan fingerprint density at radius 3 is 2.65 bits per heavy atom. The molecule has 0 saturated heterocycles. The van der Waals surface area contributed by atoms with Crippen molar-refractivity contribution in [1.29, 1.82) is 0 Å². The molecular weight excluding hydrogens is 436 g/mol. The largest absolute Gasteiger partial charge is 0.328 e. The van der Waals surface area contributed by atoms with E-state index < -0.39 is 10.0 Å². The predicted octanol–water partition coefficient (Wildman–Crippen LogP) is 3.07. The Balaban J connectivity index is 1.82. The molecule has 0 aliphatic rings. The fraction of sp³-hybridized carbons (Fsp3) is 0.500. The first-order valence-electron chi connectivity index (χ1n) is 10.3. The van der Waals surface area contributed by atoms with Gasteiger partial charge in [-0.3, -0.25) is 4.79 Å². The van der Waals surface area contributed by atoms with Crippen LogP contribution in [0.2, 0.25) is 0 Å². The number of imidazole rings is 1. The highest BCUT2D eigenvalue weighted by Crippen LogP contribution is 2.23. The van der Waals surface area contributed by atoms with Gasteiger partial charge in [-0.1, -0.05) is 31.6 Å². The van der Waals surface area contributed by atoms with E-state index in [1.807, 2.05) is 6.92 Å². The monoisotopic (exact) mass is 464 g/mol. The maximum atomic E-state index is 12.5. The topological polar surface area (TPSA) is 110 Å². The van der Waals surface area contributed by atoms with Gasteiger partial charge in [-0.25, -0.2) is 17.7 Å². The summed E-state index contributed by atoms with van der Waals surface area (Å²) in [7, 11) is -0.532. The molecule has 168 valence electrons. The average molecular weight is 465 g/mol. The molecule has 0 radical (unpaired) electrons. The summed E-state index contributed by atoms with van der Waals surface area (Å²) < 4.78 is 28.2. The van der Waals surface area contributed by atoms with Crippen molar-refractivity contribution < 1.29 is 13.2 Å². The second-order valence-corrected chi connectivity index (χ2v) is 10.6. The van der Waals surface area contributed by atoms with Crippen LogP contribution in [0.25, 0.3) is 11.0 Å². The van der Waals surface area contributed by atoms with Crippen LogP contribution in [-0.4, -0.2) is 52.5 Å². The third-order valence-corrected chi connectivity index (χ3v) is 7.70. The van der Waals surface area contributed by atoms with E-state index in [0.717, 1.165) is 42.2 Å². The summed E-state index contributed by atoms with van der Waals surface area (Å²) >= 11 is 1.37. The Kier molecular flexibility index (Phi) is 7.39. The number of unbranched alkanes of at least 4 members (excludes halogenated alkanes) is 1. The van der Waals surface area contributed by atoms with Crippen LogP contribution in [0.5, 0.6) is 0 Å². The van der Waals surface area contributed by atoms with Crippen molar-refractivity contribution in [2.45, 2.75) is 57.4 Å². The lowest BCUT2D eigenvalue weighted by atomic mass is 10.2. The maximum absolute atomic E-state index is 12.5. The van der Waals surface area contributed by atoms with E-state index in [-0.39, 0.29) is 17.2 Å². The smallest absolute Gasteiger partial charge is 0.242 e. The lowest BCUT2D eigenvalue weighted by Gasteiger charge is -2.11. The Morgan fingerprint density at radius 1 is 1.23 bits per heavy atom. The third kappa shape index (κ3) is 5.28. The Labute approximate surface area is 186 Å². The van der Waals surface area contributed by atoms with Crippen LogP contribution in [0.1, 0.15) is 43.9 Å². The first kappa shape index (κ1) is 23.3. The van der Waals surface area contributed by atoms with Crippen LogP contribution in [0, 0.1) is 0 Å². The van der Waals surface area contributed by atoms with Gasteiger partial charge in [-0.05, 0) is 31.0 Å². The number of nitrogens with zero attached hydrogens (tertiary/aromatic N) is 5. The molecule has 0 aliphatic carbocycles. The molecule has 0 spiro atoms. The number of amides is 1. The van der Waals surface area contributed by atoms with Crippen molar-refractivity contribution in [3.05, 3.63) is 29.0 Å². The van der Waals surface area contributed by atoms with Crippen molar-refractivity contribution in [2.24, 2.45) is 0 Å². The van der Waals surface area contributed by atoms with Gasteiger partial charge in [0.25, 0.3) is 0 Å². The highest BCUT2D eigenvalue weighted by atomic mass is 32.2. The Morgan fingerprint density at radius 2 is 2.00 bits per heavy atom. The molecule has 0 bridgehead atoms. The summed E-state index contributed by atoms with van der Waals surface area (Å²) in [5, 5.41) is 12.1. The van der Waals surface area contributed by atoms with Crippen LogP contribution in [-0.2, 0) is 34.2 Å². The predicted molar refractivity (Wildman–Crippen MR) is 122 cm³/mol. The van der Waals surface area contributed by atoms with E-state index in [1.165, 1.54) is 29.7 Å². The van der Waals surface area contributed by atoms with Crippen LogP contribution in [0.4, 0.5) is 5.13 Å². The second-order valence-electron chi connectivity index (χ2n) is 7.37. The summed E-state index contributed by atoms with van der Waals surface area (Å²) in [6.07, 6.45) is 3.45. The van der Waals surface area contributed by atoms with Gasteiger partial charge in [0.1, 0.15) is 10.8 Å². The van der Waals surface area contributed by atoms with Gasteiger partial charge >= 0.3 is 0 Å². The second kappa shape index (κ2) is 9.84. The van der Waals surface area contributed by atoms with Crippen LogP contribution in [0.15, 0.2) is 23.1 Å². The third-order valence-electron chi connectivity index (χ3n) is 4.90. The van der Waals surface area contributed by atoms with Gasteiger partial charge in [0.15, 0.2) is 0 Å². The number of rotatable bonds is 10. The van der Waals surface area contributed by atoms with E-state index in [2.05, 4.69) is 32.0 Å². The number of carbonyl (C=O) groups excluding carboxylic acids is 1. The summed E-state index contributed by atoms with van der Waals surface area (Å²) in [4.78, 5) is 17.3. The fourth-order valence-electron chi connectivity index (χ4n) is 3.14. The number of sulfonamides is 1. The zero-order valence-corrected chi connectivity index (χ0v) is 19.9. The van der Waals surface area contributed by atoms with Crippen molar-refractivity contribution in [2.75, 3.05) is 19.4 Å². The molecule has 0 saturated carbocycles. The van der Waals surface area contributed by atoms with Crippen molar-refractivity contribution in [1.82, 2.24) is 24.1 Å². The van der Waals surface area contributed by atoms with Crippen molar-refractivity contribution >= 4 is 43.4 Å². The van der Waals surface area contributed by atoms with Gasteiger partial charge in [0.2, 0.25) is 21.1 Å². The molecule has 1 aromatic carbocycles. The molecule has 3 rings (SSSR count). The Bertz CT molecular complexity index is 1170. The lowest BCUT2D eigenvalue weighted by Crippen LogP contribution is -2.22. The van der Waals surface area contributed by atoms with Gasteiger partial charge in [0.05, 0.1) is 15.9 Å². The molecule has 1 amide bonds. The van der Waals surface area contributed by atoms with Crippen LogP contribution >= 0.6 is 11.3 Å².